The van der Waals surface area contributed by atoms with Crippen LogP contribution in [0, 0.1) is 12.7 Å². The molecule has 0 saturated heterocycles. The lowest BCUT2D eigenvalue weighted by Crippen LogP contribution is -2.16. The summed E-state index contributed by atoms with van der Waals surface area (Å²) in [5, 5.41) is 0. The molecular formula is C15H11FN2O. The van der Waals surface area contributed by atoms with E-state index in [9.17, 15) is 9.18 Å². The van der Waals surface area contributed by atoms with E-state index in [0.717, 1.165) is 5.69 Å². The highest BCUT2D eigenvalue weighted by atomic mass is 19.1. The van der Waals surface area contributed by atoms with E-state index in [1.165, 1.54) is 22.6 Å². The number of benzene rings is 1. The van der Waals surface area contributed by atoms with E-state index in [4.69, 9.17) is 0 Å². The molecule has 0 aliphatic rings. The predicted molar refractivity (Wildman–Crippen MR) is 71.6 cm³/mol. The molecule has 4 heteroatoms. The van der Waals surface area contributed by atoms with Crippen LogP contribution in [0.2, 0.25) is 0 Å². The number of pyridine rings is 1. The quantitative estimate of drug-likeness (QED) is 0.669. The Morgan fingerprint density at radius 3 is 2.68 bits per heavy atom. The summed E-state index contributed by atoms with van der Waals surface area (Å²) in [5.41, 5.74) is 2.30. The molecule has 0 saturated carbocycles. The third kappa shape index (κ3) is 2.01. The Hall–Kier alpha value is -2.49. The Balaban J connectivity index is 2.30. The molecule has 0 amide bonds. The molecule has 3 aromatic rings. The minimum Gasteiger partial charge on any atom is -0.269 e. The van der Waals surface area contributed by atoms with Crippen LogP contribution >= 0.6 is 0 Å². The van der Waals surface area contributed by atoms with Gasteiger partial charge in [-0.1, -0.05) is 18.2 Å². The molecule has 0 aliphatic carbocycles. The average Bonchev–Trinajstić information content (AvgIpc) is 2.38. The van der Waals surface area contributed by atoms with Crippen molar-refractivity contribution in [2.24, 2.45) is 0 Å². The van der Waals surface area contributed by atoms with Gasteiger partial charge < -0.3 is 0 Å². The summed E-state index contributed by atoms with van der Waals surface area (Å²) in [4.78, 5) is 16.5. The van der Waals surface area contributed by atoms with Crippen LogP contribution < -0.4 is 5.56 Å². The second-order valence-electron chi connectivity index (χ2n) is 4.35. The summed E-state index contributed by atoms with van der Waals surface area (Å²) >= 11 is 0. The molecule has 0 atom stereocenters. The normalized spacial score (nSPS) is 10.8. The first kappa shape index (κ1) is 11.6. The zero-order valence-electron chi connectivity index (χ0n) is 10.3. The Labute approximate surface area is 109 Å². The molecule has 3 rings (SSSR count). The first-order valence-electron chi connectivity index (χ1n) is 5.90. The van der Waals surface area contributed by atoms with Crippen LogP contribution in [0.4, 0.5) is 4.39 Å². The van der Waals surface area contributed by atoms with Crippen molar-refractivity contribution in [2.75, 3.05) is 0 Å². The van der Waals surface area contributed by atoms with Crippen LogP contribution in [0.3, 0.4) is 0 Å². The molecule has 0 aliphatic heterocycles. The molecule has 0 radical (unpaired) electrons. The molecule has 3 nitrogen and oxygen atoms in total. The summed E-state index contributed by atoms with van der Waals surface area (Å²) in [5.74, 6) is -0.344. The van der Waals surface area contributed by atoms with Crippen LogP contribution in [0.15, 0.2) is 53.3 Å². The highest BCUT2D eigenvalue weighted by Gasteiger charge is 2.06. The zero-order valence-corrected chi connectivity index (χ0v) is 10.3. The molecule has 0 bridgehead atoms. The third-order valence-electron chi connectivity index (χ3n) is 3.00. The Kier molecular flexibility index (Phi) is 2.63. The van der Waals surface area contributed by atoms with Gasteiger partial charge in [0.2, 0.25) is 0 Å². The number of rotatable bonds is 1. The smallest absolute Gasteiger partial charge is 0.258 e. The Morgan fingerprint density at radius 1 is 1.11 bits per heavy atom. The second-order valence-corrected chi connectivity index (χ2v) is 4.35. The zero-order chi connectivity index (χ0) is 13.4. The van der Waals surface area contributed by atoms with Crippen molar-refractivity contribution in [3.8, 4) is 11.3 Å². The van der Waals surface area contributed by atoms with Gasteiger partial charge in [-0.25, -0.2) is 9.37 Å². The fourth-order valence-electron chi connectivity index (χ4n) is 2.11. The molecule has 1 aromatic carbocycles. The summed E-state index contributed by atoms with van der Waals surface area (Å²) < 4.78 is 14.8. The lowest BCUT2D eigenvalue weighted by atomic mass is 10.1. The van der Waals surface area contributed by atoms with E-state index in [-0.39, 0.29) is 11.4 Å². The van der Waals surface area contributed by atoms with E-state index in [1.54, 1.807) is 18.2 Å². The van der Waals surface area contributed by atoms with Crippen molar-refractivity contribution in [2.45, 2.75) is 6.92 Å². The number of fused-ring (bicyclic) bond motifs is 1. The maximum Gasteiger partial charge on any atom is 0.258 e. The first-order valence-corrected chi connectivity index (χ1v) is 5.90. The van der Waals surface area contributed by atoms with Crippen molar-refractivity contribution >= 4 is 5.65 Å². The molecule has 19 heavy (non-hydrogen) atoms. The third-order valence-corrected chi connectivity index (χ3v) is 3.00. The highest BCUT2D eigenvalue weighted by Crippen LogP contribution is 2.17. The van der Waals surface area contributed by atoms with E-state index in [2.05, 4.69) is 4.98 Å². The molecule has 94 valence electrons. The van der Waals surface area contributed by atoms with E-state index in [0.29, 0.717) is 16.9 Å². The lowest BCUT2D eigenvalue weighted by molar-refractivity contribution is 0.628. The van der Waals surface area contributed by atoms with Gasteiger partial charge in [0.25, 0.3) is 5.56 Å². The van der Waals surface area contributed by atoms with Gasteiger partial charge in [0.15, 0.2) is 0 Å². The maximum absolute atomic E-state index is 13.2. The van der Waals surface area contributed by atoms with Crippen LogP contribution in [0.5, 0.6) is 0 Å². The van der Waals surface area contributed by atoms with Crippen LogP contribution in [-0.4, -0.2) is 9.38 Å². The number of aromatic nitrogens is 2. The van der Waals surface area contributed by atoms with Crippen molar-refractivity contribution in [3.05, 3.63) is 70.4 Å². The average molecular weight is 254 g/mol. The minimum absolute atomic E-state index is 0.164. The van der Waals surface area contributed by atoms with Gasteiger partial charge in [-0.15, -0.1) is 0 Å². The van der Waals surface area contributed by atoms with E-state index < -0.39 is 0 Å². The van der Waals surface area contributed by atoms with Crippen LogP contribution in [0.1, 0.15) is 5.69 Å². The van der Waals surface area contributed by atoms with Crippen molar-refractivity contribution in [3.63, 3.8) is 0 Å². The summed E-state index contributed by atoms with van der Waals surface area (Å²) in [6, 6.07) is 12.9. The number of aryl methyl sites for hydroxylation is 1. The molecule has 0 spiro atoms. The van der Waals surface area contributed by atoms with Crippen molar-refractivity contribution in [1.82, 2.24) is 9.38 Å². The Morgan fingerprint density at radius 2 is 1.89 bits per heavy atom. The van der Waals surface area contributed by atoms with Gasteiger partial charge in [0, 0.05) is 17.3 Å². The number of nitrogens with zero attached hydrogens (tertiary/aromatic N) is 2. The fourth-order valence-corrected chi connectivity index (χ4v) is 2.11. The van der Waals surface area contributed by atoms with Crippen molar-refractivity contribution in [1.29, 1.82) is 0 Å². The maximum atomic E-state index is 13.2. The van der Waals surface area contributed by atoms with Crippen LogP contribution in [0.25, 0.3) is 16.9 Å². The molecule has 2 heterocycles. The van der Waals surface area contributed by atoms with E-state index >= 15 is 0 Å². The second kappa shape index (κ2) is 4.31. The first-order chi connectivity index (χ1) is 9.15. The molecule has 0 N–H and O–H groups in total. The monoisotopic (exact) mass is 254 g/mol. The number of halogens is 1. The van der Waals surface area contributed by atoms with E-state index in [1.807, 2.05) is 19.1 Å². The topological polar surface area (TPSA) is 34.4 Å². The van der Waals surface area contributed by atoms with Gasteiger partial charge in [0.1, 0.15) is 11.5 Å². The highest BCUT2D eigenvalue weighted by molar-refractivity contribution is 5.61. The fraction of sp³-hybridized carbons (Fsp3) is 0.0667. The molecule has 2 aromatic heterocycles. The van der Waals surface area contributed by atoms with Crippen molar-refractivity contribution < 1.29 is 4.39 Å². The lowest BCUT2D eigenvalue weighted by Gasteiger charge is -2.06. The summed E-state index contributed by atoms with van der Waals surface area (Å²) in [6.07, 6.45) is 0. The predicted octanol–water partition coefficient (Wildman–Crippen LogP) is 2.81. The van der Waals surface area contributed by atoms with Gasteiger partial charge >= 0.3 is 0 Å². The van der Waals surface area contributed by atoms with Gasteiger partial charge in [-0.2, -0.15) is 0 Å². The molecule has 0 fully saturated rings. The standard InChI is InChI=1S/C15H11FN2O/c1-10-4-2-7-14-17-13(9-15(19)18(10)14)11-5-3-6-12(16)8-11/h2-9H,1H3. The summed E-state index contributed by atoms with van der Waals surface area (Å²) in [7, 11) is 0. The number of hydrogen-bond acceptors (Lipinski definition) is 2. The summed E-state index contributed by atoms with van der Waals surface area (Å²) in [6.45, 7) is 1.85. The minimum atomic E-state index is -0.344. The van der Waals surface area contributed by atoms with Gasteiger partial charge in [-0.3, -0.25) is 9.20 Å². The number of hydrogen-bond donors (Lipinski definition) is 0. The SMILES string of the molecule is Cc1cccc2nc(-c3cccc(F)c3)cc(=O)n12. The Bertz CT molecular complexity index is 824. The molecular weight excluding hydrogens is 243 g/mol. The molecule has 0 unspecified atom stereocenters. The van der Waals surface area contributed by atoms with Gasteiger partial charge in [-0.05, 0) is 31.2 Å². The van der Waals surface area contributed by atoms with Gasteiger partial charge in [0.05, 0.1) is 5.69 Å². The van der Waals surface area contributed by atoms with Crippen LogP contribution in [-0.2, 0) is 0 Å². The largest absolute Gasteiger partial charge is 0.269 e.